The lowest BCUT2D eigenvalue weighted by Crippen LogP contribution is -2.56. The minimum atomic E-state index is -0.378. The SMILES string of the molecule is C[C@]12CC[C@H](O)C[C@H]1CC[C@H]1C3=CC[C@H](C4=CC(=O)OC4)[C@@]3(C)[C@H](O)C[C@@H]12. The van der Waals surface area contributed by atoms with E-state index in [9.17, 15) is 15.0 Å². The molecule has 8 atom stereocenters. The highest BCUT2D eigenvalue weighted by Gasteiger charge is 2.61. The van der Waals surface area contributed by atoms with Crippen LogP contribution in [-0.4, -0.2) is 35.0 Å². The van der Waals surface area contributed by atoms with Crippen molar-refractivity contribution in [2.45, 2.75) is 71.0 Å². The monoisotopic (exact) mass is 372 g/mol. The van der Waals surface area contributed by atoms with Crippen molar-refractivity contribution in [2.24, 2.45) is 34.5 Å². The zero-order chi connectivity index (χ0) is 19.0. The van der Waals surface area contributed by atoms with E-state index in [1.54, 1.807) is 6.08 Å². The lowest BCUT2D eigenvalue weighted by molar-refractivity contribution is -0.135. The predicted molar refractivity (Wildman–Crippen MR) is 102 cm³/mol. The normalized spacial score (nSPS) is 51.6. The van der Waals surface area contributed by atoms with Gasteiger partial charge < -0.3 is 14.9 Å². The van der Waals surface area contributed by atoms with Crippen LogP contribution in [-0.2, 0) is 9.53 Å². The maximum absolute atomic E-state index is 11.6. The number of hydrogen-bond acceptors (Lipinski definition) is 4. The van der Waals surface area contributed by atoms with Crippen LogP contribution in [0.3, 0.4) is 0 Å². The summed E-state index contributed by atoms with van der Waals surface area (Å²) in [5.74, 6) is 1.58. The molecule has 1 heterocycles. The highest BCUT2D eigenvalue weighted by Crippen LogP contribution is 2.66. The first-order valence-corrected chi connectivity index (χ1v) is 10.8. The molecule has 0 aromatic heterocycles. The third kappa shape index (κ3) is 2.38. The van der Waals surface area contributed by atoms with Gasteiger partial charge in [-0.2, -0.15) is 0 Å². The topological polar surface area (TPSA) is 66.8 Å². The van der Waals surface area contributed by atoms with E-state index in [-0.39, 0.29) is 34.9 Å². The number of hydrogen-bond donors (Lipinski definition) is 2. The van der Waals surface area contributed by atoms with E-state index in [0.29, 0.717) is 24.4 Å². The average molecular weight is 373 g/mol. The van der Waals surface area contributed by atoms with E-state index in [4.69, 9.17) is 4.74 Å². The van der Waals surface area contributed by atoms with Gasteiger partial charge in [-0.05, 0) is 79.6 Å². The van der Waals surface area contributed by atoms with E-state index in [1.165, 1.54) is 18.4 Å². The predicted octanol–water partition coefficient (Wildman–Crippen LogP) is 3.38. The van der Waals surface area contributed by atoms with Gasteiger partial charge in [-0.15, -0.1) is 0 Å². The highest BCUT2D eigenvalue weighted by molar-refractivity contribution is 5.85. The van der Waals surface area contributed by atoms with Gasteiger partial charge in [0.05, 0.1) is 12.2 Å². The van der Waals surface area contributed by atoms with Gasteiger partial charge in [0.25, 0.3) is 0 Å². The summed E-state index contributed by atoms with van der Waals surface area (Å²) in [6.45, 7) is 5.04. The molecule has 0 aromatic carbocycles. The van der Waals surface area contributed by atoms with Crippen LogP contribution in [0.4, 0.5) is 0 Å². The van der Waals surface area contributed by atoms with Crippen molar-refractivity contribution in [3.05, 3.63) is 23.3 Å². The summed E-state index contributed by atoms with van der Waals surface area (Å²) in [6, 6.07) is 0. The summed E-state index contributed by atoms with van der Waals surface area (Å²) >= 11 is 0. The number of ether oxygens (including phenoxy) is 1. The number of cyclic esters (lactones) is 1. The molecule has 0 bridgehead atoms. The molecule has 0 amide bonds. The molecule has 4 nitrogen and oxygen atoms in total. The number of carbonyl (C=O) groups is 1. The number of carbonyl (C=O) groups excluding carboxylic acids is 1. The number of fused-ring (bicyclic) bond motifs is 5. The van der Waals surface area contributed by atoms with E-state index >= 15 is 0 Å². The Hall–Kier alpha value is -1.13. The first kappa shape index (κ1) is 17.9. The van der Waals surface area contributed by atoms with Crippen molar-refractivity contribution in [3.8, 4) is 0 Å². The fraction of sp³-hybridized carbons (Fsp3) is 0.783. The van der Waals surface area contributed by atoms with Crippen LogP contribution in [0.5, 0.6) is 0 Å². The fourth-order valence-electron chi connectivity index (χ4n) is 7.68. The van der Waals surface area contributed by atoms with E-state index < -0.39 is 0 Å². The number of aliphatic hydroxyl groups is 2. The number of esters is 1. The Morgan fingerprint density at radius 1 is 1.15 bits per heavy atom. The van der Waals surface area contributed by atoms with Gasteiger partial charge in [0.15, 0.2) is 0 Å². The molecular formula is C23H32O4. The smallest absolute Gasteiger partial charge is 0.331 e. The van der Waals surface area contributed by atoms with E-state index in [0.717, 1.165) is 37.7 Å². The molecule has 0 radical (unpaired) electrons. The van der Waals surface area contributed by atoms with Gasteiger partial charge in [0, 0.05) is 11.5 Å². The Labute approximate surface area is 161 Å². The molecular weight excluding hydrogens is 340 g/mol. The van der Waals surface area contributed by atoms with E-state index in [2.05, 4.69) is 19.9 Å². The van der Waals surface area contributed by atoms with Crippen LogP contribution in [0.15, 0.2) is 23.3 Å². The van der Waals surface area contributed by atoms with Crippen LogP contribution in [0.25, 0.3) is 0 Å². The summed E-state index contributed by atoms with van der Waals surface area (Å²) in [4.78, 5) is 11.6. The molecule has 4 heteroatoms. The fourth-order valence-corrected chi connectivity index (χ4v) is 7.68. The molecule has 0 spiro atoms. The largest absolute Gasteiger partial charge is 0.458 e. The summed E-state index contributed by atoms with van der Waals surface area (Å²) in [6.07, 6.45) is 10.6. The van der Waals surface area contributed by atoms with Gasteiger partial charge in [0.1, 0.15) is 6.61 Å². The van der Waals surface area contributed by atoms with Crippen LogP contribution in [0, 0.1) is 34.5 Å². The lowest BCUT2D eigenvalue weighted by Gasteiger charge is -2.60. The quantitative estimate of drug-likeness (QED) is 0.547. The first-order chi connectivity index (χ1) is 12.8. The van der Waals surface area contributed by atoms with Crippen molar-refractivity contribution in [2.75, 3.05) is 6.61 Å². The van der Waals surface area contributed by atoms with Gasteiger partial charge in [0.2, 0.25) is 0 Å². The zero-order valence-corrected chi connectivity index (χ0v) is 16.5. The summed E-state index contributed by atoms with van der Waals surface area (Å²) < 4.78 is 5.18. The van der Waals surface area contributed by atoms with Crippen LogP contribution < -0.4 is 0 Å². The van der Waals surface area contributed by atoms with Crippen molar-refractivity contribution in [1.82, 2.24) is 0 Å². The van der Waals surface area contributed by atoms with Crippen molar-refractivity contribution in [3.63, 3.8) is 0 Å². The number of aliphatic hydroxyl groups excluding tert-OH is 2. The second-order valence-electron chi connectivity index (χ2n) is 10.2. The molecule has 2 N–H and O–H groups in total. The van der Waals surface area contributed by atoms with Crippen LogP contribution >= 0.6 is 0 Å². The van der Waals surface area contributed by atoms with E-state index in [1.807, 2.05) is 0 Å². The minimum absolute atomic E-state index is 0.139. The lowest BCUT2D eigenvalue weighted by atomic mass is 9.45. The van der Waals surface area contributed by atoms with Gasteiger partial charge in [-0.25, -0.2) is 4.79 Å². The molecule has 5 rings (SSSR count). The molecule has 0 aromatic rings. The van der Waals surface area contributed by atoms with Gasteiger partial charge in [-0.3, -0.25) is 0 Å². The van der Waals surface area contributed by atoms with Crippen LogP contribution in [0.2, 0.25) is 0 Å². The Balaban J connectivity index is 1.48. The summed E-state index contributed by atoms with van der Waals surface area (Å²) in [5.41, 5.74) is 2.47. The Morgan fingerprint density at radius 3 is 2.70 bits per heavy atom. The molecule has 4 aliphatic carbocycles. The second-order valence-corrected chi connectivity index (χ2v) is 10.2. The Bertz CT molecular complexity index is 724. The molecule has 148 valence electrons. The zero-order valence-electron chi connectivity index (χ0n) is 16.5. The molecule has 3 saturated carbocycles. The van der Waals surface area contributed by atoms with Crippen molar-refractivity contribution in [1.29, 1.82) is 0 Å². The maximum Gasteiger partial charge on any atom is 0.331 e. The molecule has 1 aliphatic heterocycles. The van der Waals surface area contributed by atoms with Crippen molar-refractivity contribution >= 4 is 5.97 Å². The molecule has 27 heavy (non-hydrogen) atoms. The molecule has 5 aliphatic rings. The summed E-state index contributed by atoms with van der Waals surface area (Å²) in [7, 11) is 0. The molecule has 3 fully saturated rings. The average Bonchev–Trinajstić information content (AvgIpc) is 3.20. The first-order valence-electron chi connectivity index (χ1n) is 10.8. The minimum Gasteiger partial charge on any atom is -0.458 e. The maximum atomic E-state index is 11.6. The molecule has 0 unspecified atom stereocenters. The Morgan fingerprint density at radius 2 is 1.96 bits per heavy atom. The summed E-state index contributed by atoms with van der Waals surface area (Å²) in [5, 5.41) is 21.6. The standard InChI is InChI=1S/C23H32O4/c1-22-8-7-15(24)10-14(22)3-4-16-18-6-5-17(13-9-21(26)27-12-13)23(18,2)20(25)11-19(16)22/h6,9,14-17,19-20,24-25H,3-5,7-8,10-12H2,1-2H3/t14-,15+,16+,17-,19+,20-,22+,23-/m1/s1. The highest BCUT2D eigenvalue weighted by atomic mass is 16.5. The van der Waals surface area contributed by atoms with Gasteiger partial charge >= 0.3 is 5.97 Å². The van der Waals surface area contributed by atoms with Crippen molar-refractivity contribution < 1.29 is 19.7 Å². The second kappa shape index (κ2) is 5.93. The third-order valence-corrected chi connectivity index (χ3v) is 9.28. The van der Waals surface area contributed by atoms with Gasteiger partial charge in [-0.1, -0.05) is 25.5 Å². The number of rotatable bonds is 1. The molecule has 0 saturated heterocycles. The number of allylic oxidation sites excluding steroid dienone is 1. The van der Waals surface area contributed by atoms with Crippen LogP contribution in [0.1, 0.15) is 58.8 Å². The third-order valence-electron chi connectivity index (χ3n) is 9.28. The Kier molecular flexibility index (Phi) is 3.94.